The first-order valence-electron chi connectivity index (χ1n) is 6.16. The molecule has 5 nitrogen and oxygen atoms in total. The van der Waals surface area contributed by atoms with Crippen LogP contribution in [0.2, 0.25) is 0 Å². The smallest absolute Gasteiger partial charge is 0.257 e. The van der Waals surface area contributed by atoms with E-state index in [9.17, 15) is 14.0 Å². The van der Waals surface area contributed by atoms with E-state index in [1.165, 1.54) is 18.2 Å². The number of primary amides is 1. The van der Waals surface area contributed by atoms with Crippen LogP contribution < -0.4 is 16.8 Å². The van der Waals surface area contributed by atoms with Crippen LogP contribution in [-0.2, 0) is 0 Å². The van der Waals surface area contributed by atoms with Crippen LogP contribution in [0.15, 0.2) is 36.4 Å². The Kier molecular flexibility index (Phi) is 3.89. The molecule has 2 aromatic carbocycles. The molecule has 2 aromatic rings. The molecule has 0 atom stereocenters. The highest BCUT2D eigenvalue weighted by molar-refractivity contribution is 6.08. The van der Waals surface area contributed by atoms with E-state index in [0.29, 0.717) is 16.8 Å². The van der Waals surface area contributed by atoms with Crippen molar-refractivity contribution >= 4 is 23.2 Å². The van der Waals surface area contributed by atoms with Crippen LogP contribution in [-0.4, -0.2) is 11.8 Å². The van der Waals surface area contributed by atoms with Gasteiger partial charge in [0, 0.05) is 11.3 Å². The monoisotopic (exact) mass is 287 g/mol. The first kappa shape index (κ1) is 14.5. The normalized spacial score (nSPS) is 10.2. The predicted molar refractivity (Wildman–Crippen MR) is 78.5 cm³/mol. The van der Waals surface area contributed by atoms with Gasteiger partial charge in [-0.3, -0.25) is 9.59 Å². The standard InChI is InChI=1S/C15H14FN3O2/c1-8-9(14(18)20)4-3-7-12(8)19-15(21)10-5-2-6-11(16)13(10)17/h2-7H,17H2,1H3,(H2,18,20)(H,19,21). The summed E-state index contributed by atoms with van der Waals surface area (Å²) >= 11 is 0. The molecule has 2 rings (SSSR count). The van der Waals surface area contributed by atoms with E-state index in [2.05, 4.69) is 5.32 Å². The number of amides is 2. The van der Waals surface area contributed by atoms with Crippen molar-refractivity contribution < 1.29 is 14.0 Å². The maximum atomic E-state index is 13.4. The van der Waals surface area contributed by atoms with Crippen molar-refractivity contribution in [3.63, 3.8) is 0 Å². The number of para-hydroxylation sites is 1. The lowest BCUT2D eigenvalue weighted by molar-refractivity contribution is 0.0995. The zero-order chi connectivity index (χ0) is 15.6. The molecule has 0 heterocycles. The molecule has 0 aliphatic heterocycles. The predicted octanol–water partition coefficient (Wildman–Crippen LogP) is 2.07. The molecule has 0 fully saturated rings. The van der Waals surface area contributed by atoms with Gasteiger partial charge in [-0.25, -0.2) is 4.39 Å². The lowest BCUT2D eigenvalue weighted by Crippen LogP contribution is -2.18. The van der Waals surface area contributed by atoms with Gasteiger partial charge in [0.15, 0.2) is 0 Å². The van der Waals surface area contributed by atoms with Crippen molar-refractivity contribution in [3.8, 4) is 0 Å². The summed E-state index contributed by atoms with van der Waals surface area (Å²) in [6.45, 7) is 1.66. The maximum absolute atomic E-state index is 13.4. The molecule has 0 radical (unpaired) electrons. The van der Waals surface area contributed by atoms with Crippen molar-refractivity contribution in [2.24, 2.45) is 5.73 Å². The van der Waals surface area contributed by atoms with Gasteiger partial charge in [-0.1, -0.05) is 12.1 Å². The van der Waals surface area contributed by atoms with Crippen LogP contribution in [0.1, 0.15) is 26.3 Å². The number of carbonyl (C=O) groups is 2. The number of rotatable bonds is 3. The van der Waals surface area contributed by atoms with E-state index in [1.54, 1.807) is 25.1 Å². The second-order valence-electron chi connectivity index (χ2n) is 4.50. The fourth-order valence-electron chi connectivity index (χ4n) is 1.96. The second kappa shape index (κ2) is 5.62. The van der Waals surface area contributed by atoms with Gasteiger partial charge in [-0.15, -0.1) is 0 Å². The number of nitrogens with one attached hydrogen (secondary N) is 1. The first-order chi connectivity index (χ1) is 9.91. The van der Waals surface area contributed by atoms with Gasteiger partial charge in [0.2, 0.25) is 5.91 Å². The van der Waals surface area contributed by atoms with Crippen LogP contribution in [0, 0.1) is 12.7 Å². The number of nitrogen functional groups attached to an aromatic ring is 1. The number of nitrogens with two attached hydrogens (primary N) is 2. The molecule has 108 valence electrons. The Morgan fingerprint density at radius 3 is 2.38 bits per heavy atom. The second-order valence-corrected chi connectivity index (χ2v) is 4.50. The van der Waals surface area contributed by atoms with Gasteiger partial charge < -0.3 is 16.8 Å². The van der Waals surface area contributed by atoms with Crippen molar-refractivity contribution in [2.75, 3.05) is 11.1 Å². The molecule has 0 bridgehead atoms. The molecule has 5 N–H and O–H groups in total. The molecule has 0 unspecified atom stereocenters. The third kappa shape index (κ3) is 2.84. The summed E-state index contributed by atoms with van der Waals surface area (Å²) < 4.78 is 13.4. The molecule has 0 saturated carbocycles. The molecule has 0 aromatic heterocycles. The summed E-state index contributed by atoms with van der Waals surface area (Å²) in [5.41, 5.74) is 11.9. The highest BCUT2D eigenvalue weighted by Crippen LogP contribution is 2.21. The molecule has 0 aliphatic rings. The third-order valence-corrected chi connectivity index (χ3v) is 3.14. The largest absolute Gasteiger partial charge is 0.396 e. The molecule has 0 aliphatic carbocycles. The van der Waals surface area contributed by atoms with E-state index in [4.69, 9.17) is 11.5 Å². The van der Waals surface area contributed by atoms with E-state index in [-0.39, 0.29) is 11.3 Å². The minimum absolute atomic E-state index is 0.0267. The minimum atomic E-state index is -0.662. The van der Waals surface area contributed by atoms with Crippen LogP contribution in [0.25, 0.3) is 0 Å². The van der Waals surface area contributed by atoms with E-state index < -0.39 is 17.6 Å². The Morgan fingerprint density at radius 1 is 1.10 bits per heavy atom. The van der Waals surface area contributed by atoms with Crippen LogP contribution in [0.3, 0.4) is 0 Å². The van der Waals surface area contributed by atoms with Crippen LogP contribution >= 0.6 is 0 Å². The maximum Gasteiger partial charge on any atom is 0.257 e. The average Bonchev–Trinajstić information content (AvgIpc) is 2.43. The molecule has 0 saturated heterocycles. The van der Waals surface area contributed by atoms with Gasteiger partial charge in [-0.05, 0) is 36.8 Å². The Bertz CT molecular complexity index is 729. The first-order valence-corrected chi connectivity index (χ1v) is 6.16. The van der Waals surface area contributed by atoms with Crippen molar-refractivity contribution in [3.05, 3.63) is 58.9 Å². The number of hydrogen-bond acceptors (Lipinski definition) is 3. The SMILES string of the molecule is Cc1c(NC(=O)c2cccc(F)c2N)cccc1C(N)=O. The Morgan fingerprint density at radius 2 is 1.71 bits per heavy atom. The highest BCUT2D eigenvalue weighted by atomic mass is 19.1. The molecule has 0 spiro atoms. The average molecular weight is 287 g/mol. The Balaban J connectivity index is 2.34. The number of hydrogen-bond donors (Lipinski definition) is 3. The minimum Gasteiger partial charge on any atom is -0.396 e. The van der Waals surface area contributed by atoms with Crippen molar-refractivity contribution in [2.45, 2.75) is 6.92 Å². The van der Waals surface area contributed by atoms with Crippen molar-refractivity contribution in [1.82, 2.24) is 0 Å². The van der Waals surface area contributed by atoms with Gasteiger partial charge in [0.05, 0.1) is 11.3 Å². The Labute approximate surface area is 120 Å². The van der Waals surface area contributed by atoms with Crippen LogP contribution in [0.4, 0.5) is 15.8 Å². The van der Waals surface area contributed by atoms with E-state index >= 15 is 0 Å². The Hall–Kier alpha value is -2.89. The fourth-order valence-corrected chi connectivity index (χ4v) is 1.96. The number of halogens is 1. The van der Waals surface area contributed by atoms with Gasteiger partial charge in [0.25, 0.3) is 5.91 Å². The summed E-state index contributed by atoms with van der Waals surface area (Å²) in [7, 11) is 0. The topological polar surface area (TPSA) is 98.2 Å². The summed E-state index contributed by atoms with van der Waals surface area (Å²) in [4.78, 5) is 23.4. The van der Waals surface area contributed by atoms with Crippen LogP contribution in [0.5, 0.6) is 0 Å². The van der Waals surface area contributed by atoms with E-state index in [0.717, 1.165) is 0 Å². The summed E-state index contributed by atoms with van der Waals surface area (Å²) in [6, 6.07) is 8.76. The van der Waals surface area contributed by atoms with Gasteiger partial charge >= 0.3 is 0 Å². The quantitative estimate of drug-likeness (QED) is 0.753. The van der Waals surface area contributed by atoms with Crippen molar-refractivity contribution in [1.29, 1.82) is 0 Å². The summed E-state index contributed by atoms with van der Waals surface area (Å²) in [5.74, 6) is -1.81. The molecule has 21 heavy (non-hydrogen) atoms. The molecule has 6 heteroatoms. The van der Waals surface area contributed by atoms with Gasteiger partial charge in [0.1, 0.15) is 5.82 Å². The number of carbonyl (C=O) groups excluding carboxylic acids is 2. The molecule has 2 amide bonds. The lowest BCUT2D eigenvalue weighted by Gasteiger charge is -2.12. The fraction of sp³-hybridized carbons (Fsp3) is 0.0667. The zero-order valence-electron chi connectivity index (χ0n) is 11.3. The zero-order valence-corrected chi connectivity index (χ0v) is 11.3. The summed E-state index contributed by atoms with van der Waals surface area (Å²) in [6.07, 6.45) is 0. The molecular formula is C15H14FN3O2. The number of benzene rings is 2. The molecular weight excluding hydrogens is 273 g/mol. The summed E-state index contributed by atoms with van der Waals surface area (Å²) in [5, 5.41) is 2.60. The lowest BCUT2D eigenvalue weighted by atomic mass is 10.1. The highest BCUT2D eigenvalue weighted by Gasteiger charge is 2.15. The van der Waals surface area contributed by atoms with E-state index in [1.807, 2.05) is 0 Å². The van der Waals surface area contributed by atoms with Gasteiger partial charge in [-0.2, -0.15) is 0 Å². The third-order valence-electron chi connectivity index (χ3n) is 3.14. The number of anilines is 2.